The molecule has 2 N–H and O–H groups in total. The van der Waals surface area contributed by atoms with Crippen molar-refractivity contribution in [2.75, 3.05) is 56.5 Å². The van der Waals surface area contributed by atoms with Crippen molar-refractivity contribution in [2.45, 2.75) is 39.8 Å². The Bertz CT molecular complexity index is 1390. The van der Waals surface area contributed by atoms with Gasteiger partial charge >= 0.3 is 11.8 Å². The highest BCUT2D eigenvalue weighted by Crippen LogP contribution is 2.33. The van der Waals surface area contributed by atoms with Crippen LogP contribution in [0.25, 0.3) is 10.9 Å². The first-order chi connectivity index (χ1) is 19.0. The van der Waals surface area contributed by atoms with Crippen LogP contribution in [0.15, 0.2) is 42.9 Å². The summed E-state index contributed by atoms with van der Waals surface area (Å²) in [5, 5.41) is 10.3. The first kappa shape index (κ1) is 27.6. The van der Waals surface area contributed by atoms with E-state index in [2.05, 4.69) is 49.5 Å². The minimum Gasteiger partial charge on any atom is -0.369 e. The lowest BCUT2D eigenvalue weighted by atomic mass is 9.91. The van der Waals surface area contributed by atoms with E-state index < -0.39 is 23.3 Å². The molecule has 2 aliphatic rings. The molecule has 3 aromatic rings. The van der Waals surface area contributed by atoms with Crippen molar-refractivity contribution >= 4 is 40.0 Å². The smallest absolute Gasteiger partial charge is 0.314 e. The molecule has 0 saturated carbocycles. The highest BCUT2D eigenvalue weighted by molar-refractivity contribution is 6.40. The molecule has 0 unspecified atom stereocenters. The van der Waals surface area contributed by atoms with Gasteiger partial charge in [0, 0.05) is 68.0 Å². The number of piperazine rings is 2. The van der Waals surface area contributed by atoms with Gasteiger partial charge in [-0.3, -0.25) is 24.5 Å². The van der Waals surface area contributed by atoms with Gasteiger partial charge in [0.1, 0.15) is 0 Å². The van der Waals surface area contributed by atoms with E-state index >= 15 is 0 Å². The molecule has 0 radical (unpaired) electrons. The van der Waals surface area contributed by atoms with E-state index in [0.29, 0.717) is 17.7 Å². The van der Waals surface area contributed by atoms with Crippen LogP contribution in [-0.2, 0) is 14.4 Å². The number of amides is 3. The molecule has 11 heteroatoms. The third kappa shape index (κ3) is 5.51. The van der Waals surface area contributed by atoms with Crippen molar-refractivity contribution in [1.82, 2.24) is 29.9 Å². The summed E-state index contributed by atoms with van der Waals surface area (Å²) in [6.45, 7) is 12.1. The Balaban J connectivity index is 1.41. The highest BCUT2D eigenvalue weighted by atomic mass is 16.2. The molecule has 3 amide bonds. The predicted molar refractivity (Wildman–Crippen MR) is 154 cm³/mol. The van der Waals surface area contributed by atoms with E-state index in [1.807, 2.05) is 44.7 Å². The summed E-state index contributed by atoms with van der Waals surface area (Å²) in [4.78, 5) is 52.5. The van der Waals surface area contributed by atoms with Crippen molar-refractivity contribution in [3.8, 4) is 0 Å². The van der Waals surface area contributed by atoms with Gasteiger partial charge in [-0.15, -0.1) is 0 Å². The van der Waals surface area contributed by atoms with Gasteiger partial charge in [-0.05, 0) is 31.7 Å². The molecule has 2 saturated heterocycles. The fourth-order valence-electron chi connectivity index (χ4n) is 5.44. The Morgan fingerprint density at radius 2 is 1.65 bits per heavy atom. The van der Waals surface area contributed by atoms with E-state index in [9.17, 15) is 14.4 Å². The second-order valence-electron chi connectivity index (χ2n) is 11.9. The summed E-state index contributed by atoms with van der Waals surface area (Å²) in [5.74, 6) is -1.39. The van der Waals surface area contributed by atoms with E-state index in [4.69, 9.17) is 0 Å². The molecule has 0 bridgehead atoms. The Labute approximate surface area is 234 Å². The minimum atomic E-state index is -0.759. The van der Waals surface area contributed by atoms with Crippen LogP contribution in [0.1, 0.15) is 39.3 Å². The second-order valence-corrected chi connectivity index (χ2v) is 11.9. The van der Waals surface area contributed by atoms with Crippen LogP contribution < -0.4 is 10.2 Å². The third-order valence-electron chi connectivity index (χ3n) is 7.85. The van der Waals surface area contributed by atoms with Crippen molar-refractivity contribution in [2.24, 2.45) is 5.41 Å². The molecule has 5 rings (SSSR count). The molecular formula is C29H38N8O3. The van der Waals surface area contributed by atoms with Crippen LogP contribution in [0.3, 0.4) is 0 Å². The summed E-state index contributed by atoms with van der Waals surface area (Å²) in [7, 11) is 2.13. The SMILES string of the molecule is C[C@@H]1CN(C(=O)C(=O)Nc2cncc3cn[nH]c23)[C@@H](c2ccc(N3CCN(C)CC3)cc2)CN1C(=O)C(C)(C)C. The first-order valence-corrected chi connectivity index (χ1v) is 13.8. The Morgan fingerprint density at radius 1 is 0.950 bits per heavy atom. The van der Waals surface area contributed by atoms with Gasteiger partial charge < -0.3 is 24.9 Å². The van der Waals surface area contributed by atoms with E-state index in [1.54, 1.807) is 17.3 Å². The van der Waals surface area contributed by atoms with Crippen LogP contribution >= 0.6 is 0 Å². The number of aromatic nitrogens is 3. The van der Waals surface area contributed by atoms with Crippen molar-refractivity contribution in [3.05, 3.63) is 48.4 Å². The number of likely N-dealkylation sites (N-methyl/N-ethyl adjacent to an activating group) is 1. The maximum atomic E-state index is 13.7. The van der Waals surface area contributed by atoms with Crippen LogP contribution in [0.4, 0.5) is 11.4 Å². The summed E-state index contributed by atoms with van der Waals surface area (Å²) >= 11 is 0. The minimum absolute atomic E-state index is 0.0209. The normalized spacial score (nSPS) is 20.6. The van der Waals surface area contributed by atoms with Crippen molar-refractivity contribution in [1.29, 1.82) is 0 Å². The summed E-state index contributed by atoms with van der Waals surface area (Å²) in [6, 6.07) is 7.46. The summed E-state index contributed by atoms with van der Waals surface area (Å²) in [5.41, 5.74) is 2.43. The van der Waals surface area contributed by atoms with Crippen LogP contribution in [0, 0.1) is 5.41 Å². The van der Waals surface area contributed by atoms with E-state index in [0.717, 1.165) is 42.8 Å². The number of benzene rings is 1. The maximum Gasteiger partial charge on any atom is 0.314 e. The van der Waals surface area contributed by atoms with Gasteiger partial charge in [-0.1, -0.05) is 32.9 Å². The number of aromatic amines is 1. The van der Waals surface area contributed by atoms with Crippen LogP contribution in [-0.4, -0.2) is 100.0 Å². The zero-order valence-electron chi connectivity index (χ0n) is 23.8. The number of fused-ring (bicyclic) bond motifs is 1. The number of carbonyl (C=O) groups is 3. The summed E-state index contributed by atoms with van der Waals surface area (Å²) < 4.78 is 0. The lowest BCUT2D eigenvalue weighted by molar-refractivity contribution is -0.154. The number of hydrogen-bond acceptors (Lipinski definition) is 7. The summed E-state index contributed by atoms with van der Waals surface area (Å²) in [6.07, 6.45) is 4.73. The molecular weight excluding hydrogens is 508 g/mol. The molecule has 11 nitrogen and oxygen atoms in total. The Hall–Kier alpha value is -3.99. The maximum absolute atomic E-state index is 13.7. The molecule has 0 aliphatic carbocycles. The topological polar surface area (TPSA) is 118 Å². The number of nitrogens with one attached hydrogen (secondary N) is 2. The molecule has 0 spiro atoms. The average Bonchev–Trinajstić information content (AvgIpc) is 3.42. The average molecular weight is 547 g/mol. The molecule has 4 heterocycles. The highest BCUT2D eigenvalue weighted by Gasteiger charge is 2.42. The van der Waals surface area contributed by atoms with Gasteiger partial charge in [0.25, 0.3) is 0 Å². The molecule has 1 aromatic carbocycles. The van der Waals surface area contributed by atoms with Gasteiger partial charge in [0.2, 0.25) is 5.91 Å². The zero-order valence-corrected chi connectivity index (χ0v) is 23.8. The number of carbonyl (C=O) groups excluding carboxylic acids is 3. The molecule has 2 aromatic heterocycles. The molecule has 212 valence electrons. The number of H-pyrrole nitrogens is 1. The number of hydrogen-bond donors (Lipinski definition) is 2. The lowest BCUT2D eigenvalue weighted by Crippen LogP contribution is -2.60. The van der Waals surface area contributed by atoms with Gasteiger partial charge in [0.15, 0.2) is 0 Å². The van der Waals surface area contributed by atoms with Crippen LogP contribution in [0.2, 0.25) is 0 Å². The fraction of sp³-hybridized carbons (Fsp3) is 0.483. The van der Waals surface area contributed by atoms with Crippen LogP contribution in [0.5, 0.6) is 0 Å². The van der Waals surface area contributed by atoms with Crippen molar-refractivity contribution < 1.29 is 14.4 Å². The quantitative estimate of drug-likeness (QED) is 0.485. The Morgan fingerprint density at radius 3 is 2.33 bits per heavy atom. The molecule has 2 aliphatic heterocycles. The van der Waals surface area contributed by atoms with Gasteiger partial charge in [-0.25, -0.2) is 0 Å². The van der Waals surface area contributed by atoms with Gasteiger partial charge in [-0.2, -0.15) is 5.10 Å². The van der Waals surface area contributed by atoms with Gasteiger partial charge in [0.05, 0.1) is 29.6 Å². The third-order valence-corrected chi connectivity index (χ3v) is 7.85. The fourth-order valence-corrected chi connectivity index (χ4v) is 5.44. The monoisotopic (exact) mass is 546 g/mol. The molecule has 2 atom stereocenters. The number of pyridine rings is 1. The predicted octanol–water partition coefficient (Wildman–Crippen LogP) is 2.49. The number of anilines is 2. The largest absolute Gasteiger partial charge is 0.369 e. The first-order valence-electron chi connectivity index (χ1n) is 13.8. The number of rotatable bonds is 3. The number of nitrogens with zero attached hydrogens (tertiary/aromatic N) is 6. The zero-order chi connectivity index (χ0) is 28.6. The lowest BCUT2D eigenvalue weighted by Gasteiger charge is -2.47. The van der Waals surface area contributed by atoms with E-state index in [-0.39, 0.29) is 18.5 Å². The molecule has 2 fully saturated rings. The molecule has 40 heavy (non-hydrogen) atoms. The Kier molecular flexibility index (Phi) is 7.50. The van der Waals surface area contributed by atoms with E-state index in [1.165, 1.54) is 6.20 Å². The second kappa shape index (κ2) is 10.9. The van der Waals surface area contributed by atoms with Crippen molar-refractivity contribution in [3.63, 3.8) is 0 Å². The standard InChI is InChI=1S/C29H38N8O3/c1-19-17-37(27(39)26(38)32-23-16-30-14-21-15-31-33-25(21)23)24(18-36(19)28(40)29(2,3)4)20-6-8-22(9-7-20)35-12-10-34(5)11-13-35/h6-9,14-16,19,24H,10-13,17-18H2,1-5H3,(H,31,33)(H,32,38)/t19-,24-/m1/s1.